The third-order valence-corrected chi connectivity index (χ3v) is 7.31. The molecule has 1 aromatic carbocycles. The molecule has 8 heteroatoms. The number of rotatable bonds is 3. The highest BCUT2D eigenvalue weighted by Gasteiger charge is 2.41. The molecule has 190 valence electrons. The minimum atomic E-state index is -0.605. The first-order chi connectivity index (χ1) is 17.1. The molecule has 1 unspecified atom stereocenters. The van der Waals surface area contributed by atoms with E-state index in [1.807, 2.05) is 18.2 Å². The Morgan fingerprint density at radius 1 is 1.06 bits per heavy atom. The van der Waals surface area contributed by atoms with Gasteiger partial charge in [-0.3, -0.25) is 19.3 Å². The summed E-state index contributed by atoms with van der Waals surface area (Å²) >= 11 is 0. The Hall–Kier alpha value is -2.87. The van der Waals surface area contributed by atoms with Crippen molar-refractivity contribution in [3.05, 3.63) is 42.0 Å². The van der Waals surface area contributed by atoms with Gasteiger partial charge in [0.25, 0.3) is 5.91 Å². The molecule has 4 rings (SSSR count). The number of piperidine rings is 1. The average molecular weight is 483 g/mol. The molecule has 0 radical (unpaired) electrons. The monoisotopic (exact) mass is 482 g/mol. The van der Waals surface area contributed by atoms with Crippen molar-refractivity contribution in [3.8, 4) is 5.75 Å². The first-order valence-electron chi connectivity index (χ1n) is 13.0. The number of carbonyl (C=O) groups is 3. The number of likely N-dealkylation sites (tertiary alicyclic amines) is 1. The molecule has 2 aliphatic heterocycles. The third-order valence-electron chi connectivity index (χ3n) is 7.31. The van der Waals surface area contributed by atoms with Gasteiger partial charge in [-0.05, 0) is 50.8 Å². The first kappa shape index (κ1) is 25.2. The second-order valence-electron chi connectivity index (χ2n) is 9.99. The fraction of sp³-hybridized carbons (Fsp3) is 0.593. The summed E-state index contributed by atoms with van der Waals surface area (Å²) < 4.78 is 5.84. The van der Waals surface area contributed by atoms with Crippen LogP contribution < -0.4 is 20.7 Å². The Labute approximate surface area is 207 Å². The Bertz CT molecular complexity index is 928. The van der Waals surface area contributed by atoms with Crippen molar-refractivity contribution in [2.75, 3.05) is 39.3 Å². The molecule has 3 N–H and O–H groups in total. The zero-order valence-corrected chi connectivity index (χ0v) is 20.5. The van der Waals surface area contributed by atoms with Crippen LogP contribution in [0.5, 0.6) is 5.75 Å². The maximum absolute atomic E-state index is 13.4. The van der Waals surface area contributed by atoms with Crippen LogP contribution in [-0.4, -0.2) is 68.0 Å². The lowest BCUT2D eigenvalue weighted by Gasteiger charge is -2.41. The molecule has 1 aromatic rings. The van der Waals surface area contributed by atoms with Gasteiger partial charge in [0.15, 0.2) is 0 Å². The minimum absolute atomic E-state index is 0.0211. The van der Waals surface area contributed by atoms with Gasteiger partial charge in [-0.1, -0.05) is 43.5 Å². The van der Waals surface area contributed by atoms with Crippen molar-refractivity contribution in [2.45, 2.75) is 57.4 Å². The Morgan fingerprint density at radius 2 is 1.86 bits per heavy atom. The summed E-state index contributed by atoms with van der Waals surface area (Å²) in [7, 11) is 0. The summed E-state index contributed by atoms with van der Waals surface area (Å²) in [5.41, 5.74) is -0.124. The molecule has 3 amide bonds. The maximum Gasteiger partial charge on any atom is 0.255 e. The van der Waals surface area contributed by atoms with Crippen LogP contribution in [0.15, 0.2) is 36.4 Å². The Balaban J connectivity index is 1.41. The maximum atomic E-state index is 13.4. The van der Waals surface area contributed by atoms with Crippen LogP contribution in [-0.2, 0) is 9.59 Å². The standard InChI is InChI=1S/C27H38N4O4/c32-24(30-21-9-2-1-3-10-21)19-31-17-8-14-27(20-31)13-6-7-18-35-23-12-5-4-11-22(23)25(33)28-15-16-29-26(27)34/h4-7,11-12,21H,1-3,8-10,13-20H2,(H,28,33)(H,29,34)(H,30,32)/b7-6-. The van der Waals surface area contributed by atoms with Crippen molar-refractivity contribution in [3.63, 3.8) is 0 Å². The molecule has 1 spiro atoms. The molecule has 1 atom stereocenters. The van der Waals surface area contributed by atoms with E-state index in [9.17, 15) is 14.4 Å². The topological polar surface area (TPSA) is 99.8 Å². The average Bonchev–Trinajstić information content (AvgIpc) is 2.86. The molecule has 3 aliphatic rings. The number of amides is 3. The van der Waals surface area contributed by atoms with Crippen LogP contribution in [0.25, 0.3) is 0 Å². The highest BCUT2D eigenvalue weighted by Crippen LogP contribution is 2.34. The normalized spacial score (nSPS) is 25.9. The van der Waals surface area contributed by atoms with E-state index in [4.69, 9.17) is 4.74 Å². The van der Waals surface area contributed by atoms with Crippen LogP contribution in [0.2, 0.25) is 0 Å². The number of fused-ring (bicyclic) bond motifs is 1. The van der Waals surface area contributed by atoms with E-state index in [1.165, 1.54) is 19.3 Å². The largest absolute Gasteiger partial charge is 0.489 e. The van der Waals surface area contributed by atoms with Gasteiger partial charge in [-0.25, -0.2) is 0 Å². The fourth-order valence-corrected chi connectivity index (χ4v) is 5.46. The number of para-hydroxylation sites is 1. The van der Waals surface area contributed by atoms with Crippen molar-refractivity contribution < 1.29 is 19.1 Å². The highest BCUT2D eigenvalue weighted by molar-refractivity contribution is 5.97. The summed E-state index contributed by atoms with van der Waals surface area (Å²) in [4.78, 5) is 40.8. The predicted molar refractivity (Wildman–Crippen MR) is 134 cm³/mol. The van der Waals surface area contributed by atoms with Crippen molar-refractivity contribution in [1.82, 2.24) is 20.9 Å². The molecule has 8 nitrogen and oxygen atoms in total. The van der Waals surface area contributed by atoms with E-state index in [1.54, 1.807) is 18.2 Å². The molecule has 0 bridgehead atoms. The van der Waals surface area contributed by atoms with E-state index < -0.39 is 5.41 Å². The van der Waals surface area contributed by atoms with Gasteiger partial charge in [0.2, 0.25) is 11.8 Å². The lowest BCUT2D eigenvalue weighted by atomic mass is 9.76. The van der Waals surface area contributed by atoms with E-state index in [-0.39, 0.29) is 23.8 Å². The molecule has 1 aliphatic carbocycles. The van der Waals surface area contributed by atoms with Crippen molar-refractivity contribution in [2.24, 2.45) is 5.41 Å². The molecule has 0 aromatic heterocycles. The fourth-order valence-electron chi connectivity index (χ4n) is 5.46. The number of allylic oxidation sites excluding steroid dienone is 1. The lowest BCUT2D eigenvalue weighted by Crippen LogP contribution is -2.54. The van der Waals surface area contributed by atoms with Crippen LogP contribution in [0, 0.1) is 5.41 Å². The Kier molecular flexibility index (Phi) is 8.79. The van der Waals surface area contributed by atoms with Gasteiger partial charge in [0, 0.05) is 25.7 Å². The van der Waals surface area contributed by atoms with Gasteiger partial charge >= 0.3 is 0 Å². The molecule has 2 heterocycles. The van der Waals surface area contributed by atoms with Crippen molar-refractivity contribution in [1.29, 1.82) is 0 Å². The zero-order valence-electron chi connectivity index (χ0n) is 20.5. The van der Waals surface area contributed by atoms with E-state index in [0.29, 0.717) is 50.5 Å². The SMILES string of the molecule is O=C(CN1CCCC2(C/C=C\COc3ccccc3C(=O)NCCNC2=O)C1)NC1CCCCC1. The number of hydrogen-bond donors (Lipinski definition) is 3. The molecular formula is C27H38N4O4. The number of hydrogen-bond acceptors (Lipinski definition) is 5. The van der Waals surface area contributed by atoms with Crippen LogP contribution in [0.3, 0.4) is 0 Å². The van der Waals surface area contributed by atoms with E-state index in [2.05, 4.69) is 20.9 Å². The van der Waals surface area contributed by atoms with Gasteiger partial charge in [-0.2, -0.15) is 0 Å². The van der Waals surface area contributed by atoms with E-state index in [0.717, 1.165) is 32.2 Å². The number of benzene rings is 1. The van der Waals surface area contributed by atoms with Crippen LogP contribution in [0.1, 0.15) is 61.7 Å². The third kappa shape index (κ3) is 6.84. The van der Waals surface area contributed by atoms with Gasteiger partial charge in [-0.15, -0.1) is 0 Å². The van der Waals surface area contributed by atoms with Crippen LogP contribution >= 0.6 is 0 Å². The minimum Gasteiger partial charge on any atom is -0.489 e. The molecular weight excluding hydrogens is 444 g/mol. The molecule has 1 saturated heterocycles. The highest BCUT2D eigenvalue weighted by atomic mass is 16.5. The number of carbonyl (C=O) groups excluding carboxylic acids is 3. The second-order valence-corrected chi connectivity index (χ2v) is 9.99. The quantitative estimate of drug-likeness (QED) is 0.575. The second kappa shape index (κ2) is 12.2. The number of nitrogens with zero attached hydrogens (tertiary/aromatic N) is 1. The Morgan fingerprint density at radius 3 is 2.71 bits per heavy atom. The number of ether oxygens (including phenoxy) is 1. The summed E-state index contributed by atoms with van der Waals surface area (Å²) in [5, 5.41) is 9.10. The van der Waals surface area contributed by atoms with Gasteiger partial charge in [0.1, 0.15) is 12.4 Å². The molecule has 2 fully saturated rings. The zero-order chi connectivity index (χ0) is 24.5. The molecule has 1 saturated carbocycles. The van der Waals surface area contributed by atoms with Gasteiger partial charge < -0.3 is 20.7 Å². The van der Waals surface area contributed by atoms with Gasteiger partial charge in [0.05, 0.1) is 17.5 Å². The lowest BCUT2D eigenvalue weighted by molar-refractivity contribution is -0.136. The first-order valence-corrected chi connectivity index (χ1v) is 13.0. The number of nitrogens with one attached hydrogen (secondary N) is 3. The predicted octanol–water partition coefficient (Wildman–Crippen LogP) is 2.40. The molecule has 35 heavy (non-hydrogen) atoms. The summed E-state index contributed by atoms with van der Waals surface area (Å²) in [6.45, 7) is 2.67. The van der Waals surface area contributed by atoms with E-state index >= 15 is 0 Å². The summed E-state index contributed by atoms with van der Waals surface area (Å²) in [6.07, 6.45) is 11.8. The van der Waals surface area contributed by atoms with Crippen molar-refractivity contribution >= 4 is 17.7 Å². The van der Waals surface area contributed by atoms with Crippen LogP contribution in [0.4, 0.5) is 0 Å². The summed E-state index contributed by atoms with van der Waals surface area (Å²) in [6, 6.07) is 7.45. The smallest absolute Gasteiger partial charge is 0.255 e. The summed E-state index contributed by atoms with van der Waals surface area (Å²) in [5.74, 6) is 0.351.